The molecule has 0 aromatic heterocycles. The Bertz CT molecular complexity index is 755. The van der Waals surface area contributed by atoms with Gasteiger partial charge in [-0.15, -0.1) is 0 Å². The predicted molar refractivity (Wildman–Crippen MR) is 110 cm³/mol. The lowest BCUT2D eigenvalue weighted by Crippen LogP contribution is -2.37. The summed E-state index contributed by atoms with van der Waals surface area (Å²) in [5.74, 6) is 0.957. The van der Waals surface area contributed by atoms with Gasteiger partial charge in [0.1, 0.15) is 0 Å². The highest BCUT2D eigenvalue weighted by molar-refractivity contribution is 5.91. The van der Waals surface area contributed by atoms with Gasteiger partial charge >= 0.3 is 0 Å². The van der Waals surface area contributed by atoms with Crippen molar-refractivity contribution in [3.8, 4) is 11.5 Å². The summed E-state index contributed by atoms with van der Waals surface area (Å²) in [4.78, 5) is 12.1. The summed E-state index contributed by atoms with van der Waals surface area (Å²) in [6.07, 6.45) is 1.04. The van der Waals surface area contributed by atoms with E-state index in [-0.39, 0.29) is 18.1 Å². The monoisotopic (exact) mass is 370 g/mol. The van der Waals surface area contributed by atoms with Gasteiger partial charge < -0.3 is 20.1 Å². The van der Waals surface area contributed by atoms with Gasteiger partial charge in [0.25, 0.3) is 5.91 Å². The largest absolute Gasteiger partial charge is 0.493 e. The van der Waals surface area contributed by atoms with E-state index in [1.807, 2.05) is 49.4 Å². The van der Waals surface area contributed by atoms with Crippen molar-refractivity contribution in [2.24, 2.45) is 0 Å². The van der Waals surface area contributed by atoms with Crippen LogP contribution in [-0.4, -0.2) is 25.2 Å². The Balaban J connectivity index is 1.93. The zero-order valence-electron chi connectivity index (χ0n) is 16.9. The summed E-state index contributed by atoms with van der Waals surface area (Å²) in [7, 11) is 1.60. The second-order valence-electron chi connectivity index (χ2n) is 7.28. The molecule has 0 atom stereocenters. The topological polar surface area (TPSA) is 59.6 Å². The molecule has 27 heavy (non-hydrogen) atoms. The Kier molecular flexibility index (Phi) is 7.25. The van der Waals surface area contributed by atoms with Gasteiger partial charge in [-0.3, -0.25) is 4.79 Å². The molecule has 146 valence electrons. The zero-order chi connectivity index (χ0) is 19.9. The number of nitrogens with one attached hydrogen (secondary N) is 2. The fourth-order valence-electron chi connectivity index (χ4n) is 2.38. The molecule has 0 spiro atoms. The Morgan fingerprint density at radius 3 is 2.41 bits per heavy atom. The lowest BCUT2D eigenvalue weighted by Gasteiger charge is -2.24. The number of carbonyl (C=O) groups is 1. The molecule has 5 heteroatoms. The molecule has 0 saturated carbocycles. The number of carbonyl (C=O) groups excluding carboxylic acids is 1. The molecule has 0 heterocycles. The van der Waals surface area contributed by atoms with Crippen LogP contribution in [0.3, 0.4) is 0 Å². The first kappa shape index (κ1) is 20.8. The third-order valence-electron chi connectivity index (χ3n) is 4.58. The zero-order valence-corrected chi connectivity index (χ0v) is 16.9. The molecule has 2 N–H and O–H groups in total. The summed E-state index contributed by atoms with van der Waals surface area (Å²) in [6.45, 7) is 9.18. The van der Waals surface area contributed by atoms with Gasteiger partial charge in [-0.1, -0.05) is 30.7 Å². The molecule has 5 nitrogen and oxygen atoms in total. The first-order valence-corrected chi connectivity index (χ1v) is 9.24. The predicted octanol–water partition coefficient (Wildman–Crippen LogP) is 4.30. The van der Waals surface area contributed by atoms with Crippen molar-refractivity contribution in [3.05, 3.63) is 53.6 Å². The molecule has 2 rings (SSSR count). The molecular weight excluding hydrogens is 340 g/mol. The minimum Gasteiger partial charge on any atom is -0.493 e. The third-order valence-corrected chi connectivity index (χ3v) is 4.58. The van der Waals surface area contributed by atoms with Gasteiger partial charge in [-0.2, -0.15) is 0 Å². The Hall–Kier alpha value is -2.53. The third kappa shape index (κ3) is 6.61. The van der Waals surface area contributed by atoms with Gasteiger partial charge in [-0.05, 0) is 57.0 Å². The van der Waals surface area contributed by atoms with Crippen molar-refractivity contribution in [2.45, 2.75) is 46.2 Å². The van der Waals surface area contributed by atoms with Crippen molar-refractivity contribution in [1.29, 1.82) is 0 Å². The maximum Gasteiger partial charge on any atom is 0.262 e. The van der Waals surface area contributed by atoms with E-state index < -0.39 is 0 Å². The Morgan fingerprint density at radius 2 is 1.78 bits per heavy atom. The first-order chi connectivity index (χ1) is 12.8. The van der Waals surface area contributed by atoms with Gasteiger partial charge in [-0.25, -0.2) is 0 Å². The molecule has 0 saturated heterocycles. The van der Waals surface area contributed by atoms with E-state index >= 15 is 0 Å². The molecule has 2 aromatic rings. The lowest BCUT2D eigenvalue weighted by atomic mass is 10.0. The Morgan fingerprint density at radius 1 is 1.07 bits per heavy atom. The number of hydrogen-bond acceptors (Lipinski definition) is 4. The van der Waals surface area contributed by atoms with Crippen LogP contribution in [0.25, 0.3) is 0 Å². The summed E-state index contributed by atoms with van der Waals surface area (Å²) in [5.41, 5.74) is 3.08. The van der Waals surface area contributed by atoms with Crippen molar-refractivity contribution < 1.29 is 14.3 Å². The molecule has 2 aromatic carbocycles. The first-order valence-electron chi connectivity index (χ1n) is 9.24. The van der Waals surface area contributed by atoms with E-state index in [9.17, 15) is 4.79 Å². The number of rotatable bonds is 9. The van der Waals surface area contributed by atoms with Crippen molar-refractivity contribution in [3.63, 3.8) is 0 Å². The molecule has 0 bridgehead atoms. The number of ether oxygens (including phenoxy) is 2. The van der Waals surface area contributed by atoms with Gasteiger partial charge in [0.15, 0.2) is 18.1 Å². The molecule has 0 aliphatic heterocycles. The molecule has 0 aliphatic rings. The molecule has 1 amide bonds. The average molecular weight is 370 g/mol. The number of methoxy groups -OCH3 is 1. The van der Waals surface area contributed by atoms with Crippen LogP contribution >= 0.6 is 0 Å². The summed E-state index contributed by atoms with van der Waals surface area (Å²) in [6, 6.07) is 13.4. The molecule has 0 aliphatic carbocycles. The fraction of sp³-hybridized carbons (Fsp3) is 0.409. The quantitative estimate of drug-likeness (QED) is 0.691. The molecular formula is C22H30N2O3. The van der Waals surface area contributed by atoms with E-state index in [1.54, 1.807) is 7.11 Å². The fourth-order valence-corrected chi connectivity index (χ4v) is 2.38. The highest BCUT2D eigenvalue weighted by Gasteiger charge is 2.14. The van der Waals surface area contributed by atoms with Crippen molar-refractivity contribution in [2.75, 3.05) is 19.0 Å². The molecule has 0 fully saturated rings. The second-order valence-corrected chi connectivity index (χ2v) is 7.28. The number of anilines is 1. The van der Waals surface area contributed by atoms with Crippen LogP contribution in [0.5, 0.6) is 11.5 Å². The van der Waals surface area contributed by atoms with E-state index in [0.717, 1.165) is 29.8 Å². The van der Waals surface area contributed by atoms with Crippen LogP contribution in [-0.2, 0) is 11.3 Å². The van der Waals surface area contributed by atoms with Crippen LogP contribution in [0.2, 0.25) is 0 Å². The highest BCUT2D eigenvalue weighted by Crippen LogP contribution is 2.28. The second kappa shape index (κ2) is 9.42. The highest BCUT2D eigenvalue weighted by atomic mass is 16.5. The minimum atomic E-state index is -0.212. The van der Waals surface area contributed by atoms with Crippen LogP contribution in [0, 0.1) is 6.92 Å². The van der Waals surface area contributed by atoms with Crippen LogP contribution < -0.4 is 20.1 Å². The van der Waals surface area contributed by atoms with E-state index in [1.165, 1.54) is 0 Å². The van der Waals surface area contributed by atoms with Crippen molar-refractivity contribution in [1.82, 2.24) is 5.32 Å². The van der Waals surface area contributed by atoms with E-state index in [4.69, 9.17) is 9.47 Å². The Labute approximate surface area is 162 Å². The van der Waals surface area contributed by atoms with Gasteiger partial charge in [0, 0.05) is 17.8 Å². The maximum atomic E-state index is 12.1. The maximum absolute atomic E-state index is 12.1. The molecule has 0 radical (unpaired) electrons. The number of benzene rings is 2. The van der Waals surface area contributed by atoms with E-state index in [2.05, 4.69) is 31.4 Å². The molecule has 0 unspecified atom stereocenters. The number of amides is 1. The standard InChI is InChI=1S/C22H30N2O3/c1-6-22(3,4)23-14-17-9-12-19(20(13-17)26-5)27-15-21(25)24-18-10-7-16(2)8-11-18/h7-13,23H,6,14-15H2,1-5H3,(H,24,25). The lowest BCUT2D eigenvalue weighted by molar-refractivity contribution is -0.118. The average Bonchev–Trinajstić information content (AvgIpc) is 2.67. The smallest absolute Gasteiger partial charge is 0.262 e. The number of hydrogen-bond donors (Lipinski definition) is 2. The number of aryl methyl sites for hydroxylation is 1. The normalized spacial score (nSPS) is 11.1. The van der Waals surface area contributed by atoms with Crippen LogP contribution in [0.15, 0.2) is 42.5 Å². The van der Waals surface area contributed by atoms with Crippen molar-refractivity contribution >= 4 is 11.6 Å². The SMILES string of the molecule is CCC(C)(C)NCc1ccc(OCC(=O)Nc2ccc(C)cc2)c(OC)c1. The minimum absolute atomic E-state index is 0.0787. The van der Waals surface area contributed by atoms with Crippen LogP contribution in [0.4, 0.5) is 5.69 Å². The summed E-state index contributed by atoms with van der Waals surface area (Å²) >= 11 is 0. The van der Waals surface area contributed by atoms with Gasteiger partial charge in [0.05, 0.1) is 7.11 Å². The summed E-state index contributed by atoms with van der Waals surface area (Å²) in [5, 5.41) is 6.33. The van der Waals surface area contributed by atoms with E-state index in [0.29, 0.717) is 11.5 Å². The van der Waals surface area contributed by atoms with Gasteiger partial charge in [0.2, 0.25) is 0 Å². The van der Waals surface area contributed by atoms with Crippen LogP contribution in [0.1, 0.15) is 38.3 Å². The summed E-state index contributed by atoms with van der Waals surface area (Å²) < 4.78 is 11.1.